The molecule has 0 heterocycles. The van der Waals surface area contributed by atoms with E-state index in [0.717, 1.165) is 0 Å². The lowest BCUT2D eigenvalue weighted by molar-refractivity contribution is -0.143. The molecule has 0 aliphatic rings. The molecule has 78 valence electrons. The Morgan fingerprint density at radius 3 is 2.38 bits per heavy atom. The van der Waals surface area contributed by atoms with Gasteiger partial charge in [0.1, 0.15) is 5.78 Å². The van der Waals surface area contributed by atoms with E-state index in [1.807, 2.05) is 6.92 Å². The molecule has 5 heteroatoms. The Morgan fingerprint density at radius 2 is 2.00 bits per heavy atom. The number of hydrogen-bond donors (Lipinski definition) is 1. The van der Waals surface area contributed by atoms with Crippen molar-refractivity contribution >= 4 is 5.78 Å². The summed E-state index contributed by atoms with van der Waals surface area (Å²) < 4.78 is 35.0. The lowest BCUT2D eigenvalue weighted by Crippen LogP contribution is -2.31. The van der Waals surface area contributed by atoms with Crippen molar-refractivity contribution in [3.05, 3.63) is 0 Å². The maximum atomic E-state index is 11.7. The maximum Gasteiger partial charge on any atom is 0.389 e. The fourth-order valence-electron chi connectivity index (χ4n) is 0.922. The van der Waals surface area contributed by atoms with Crippen LogP contribution in [0, 0.1) is 0 Å². The lowest BCUT2D eigenvalue weighted by atomic mass is 10.0. The summed E-state index contributed by atoms with van der Waals surface area (Å²) in [5, 5.41) is 0. The zero-order chi connectivity index (χ0) is 10.5. The van der Waals surface area contributed by atoms with E-state index in [0.29, 0.717) is 12.8 Å². The van der Waals surface area contributed by atoms with Gasteiger partial charge < -0.3 is 5.73 Å². The first-order valence-electron chi connectivity index (χ1n) is 4.22. The van der Waals surface area contributed by atoms with Crippen molar-refractivity contribution < 1.29 is 18.0 Å². The van der Waals surface area contributed by atoms with Gasteiger partial charge in [0.25, 0.3) is 0 Å². The van der Waals surface area contributed by atoms with E-state index in [1.54, 1.807) is 0 Å². The van der Waals surface area contributed by atoms with E-state index >= 15 is 0 Å². The first kappa shape index (κ1) is 12.4. The summed E-state index contributed by atoms with van der Waals surface area (Å²) in [6.45, 7) is 1.83. The molecule has 0 bridgehead atoms. The Hall–Kier alpha value is -0.580. The summed E-state index contributed by atoms with van der Waals surface area (Å²) in [4.78, 5) is 11.0. The average Bonchev–Trinajstić information content (AvgIpc) is 1.99. The number of nitrogens with two attached hydrogens (primary N) is 1. The van der Waals surface area contributed by atoms with Crippen LogP contribution in [0.5, 0.6) is 0 Å². The van der Waals surface area contributed by atoms with Gasteiger partial charge in [-0.2, -0.15) is 13.2 Å². The Morgan fingerprint density at radius 1 is 1.46 bits per heavy atom. The van der Waals surface area contributed by atoms with Crippen LogP contribution in [-0.4, -0.2) is 18.0 Å². The van der Waals surface area contributed by atoms with E-state index in [1.165, 1.54) is 0 Å². The van der Waals surface area contributed by atoms with Crippen LogP contribution in [0.1, 0.15) is 32.6 Å². The molecule has 0 spiro atoms. The third-order valence-corrected chi connectivity index (χ3v) is 1.67. The van der Waals surface area contributed by atoms with E-state index in [-0.39, 0.29) is 0 Å². The van der Waals surface area contributed by atoms with Crippen LogP contribution in [0.25, 0.3) is 0 Å². The second-order valence-corrected chi connectivity index (χ2v) is 2.98. The van der Waals surface area contributed by atoms with Crippen LogP contribution in [0.15, 0.2) is 0 Å². The van der Waals surface area contributed by atoms with Crippen molar-refractivity contribution in [2.75, 3.05) is 0 Å². The van der Waals surface area contributed by atoms with Crippen LogP contribution < -0.4 is 5.73 Å². The fraction of sp³-hybridized carbons (Fsp3) is 0.875. The first-order chi connectivity index (χ1) is 5.87. The minimum Gasteiger partial charge on any atom is -0.322 e. The van der Waals surface area contributed by atoms with Gasteiger partial charge in [-0.25, -0.2) is 0 Å². The van der Waals surface area contributed by atoms with Gasteiger partial charge in [0.15, 0.2) is 0 Å². The first-order valence-corrected chi connectivity index (χ1v) is 4.22. The molecule has 0 fully saturated rings. The van der Waals surface area contributed by atoms with Gasteiger partial charge in [0.2, 0.25) is 0 Å². The minimum atomic E-state index is -4.26. The number of Topliss-reactive ketones (excluding diaryl/α,β-unsaturated/α-hetero) is 1. The second kappa shape index (κ2) is 5.21. The molecule has 1 atom stereocenters. The van der Waals surface area contributed by atoms with Crippen LogP contribution in [0.3, 0.4) is 0 Å². The van der Waals surface area contributed by atoms with Crippen molar-refractivity contribution in [1.29, 1.82) is 0 Å². The minimum absolute atomic E-state index is 0.455. The molecule has 0 aromatic heterocycles. The molecular weight excluding hydrogens is 183 g/mol. The summed E-state index contributed by atoms with van der Waals surface area (Å²) in [6.07, 6.45) is -4.66. The topological polar surface area (TPSA) is 43.1 Å². The quantitative estimate of drug-likeness (QED) is 0.732. The lowest BCUT2D eigenvalue weighted by Gasteiger charge is -2.10. The number of carbonyl (C=O) groups is 1. The predicted molar refractivity (Wildman–Crippen MR) is 43.2 cm³/mol. The Labute approximate surface area is 75.3 Å². The molecule has 0 aliphatic heterocycles. The number of rotatable bonds is 5. The van der Waals surface area contributed by atoms with Gasteiger partial charge in [-0.3, -0.25) is 4.79 Å². The smallest absolute Gasteiger partial charge is 0.322 e. The van der Waals surface area contributed by atoms with Gasteiger partial charge in [-0.05, 0) is 6.42 Å². The monoisotopic (exact) mass is 197 g/mol. The molecule has 13 heavy (non-hydrogen) atoms. The van der Waals surface area contributed by atoms with E-state index in [4.69, 9.17) is 5.73 Å². The fourth-order valence-corrected chi connectivity index (χ4v) is 0.922. The summed E-state index contributed by atoms with van der Waals surface area (Å²) in [5.41, 5.74) is 5.34. The molecule has 0 saturated carbocycles. The molecule has 1 unspecified atom stereocenters. The highest BCUT2D eigenvalue weighted by atomic mass is 19.4. The highest BCUT2D eigenvalue weighted by molar-refractivity contribution is 5.83. The Balaban J connectivity index is 3.74. The molecule has 0 amide bonds. The normalized spacial score (nSPS) is 14.2. The Kier molecular flexibility index (Phi) is 4.98. The molecule has 0 aromatic rings. The van der Waals surface area contributed by atoms with Gasteiger partial charge >= 0.3 is 6.18 Å². The third kappa shape index (κ3) is 6.57. The highest BCUT2D eigenvalue weighted by Crippen LogP contribution is 2.21. The van der Waals surface area contributed by atoms with Crippen molar-refractivity contribution in [1.82, 2.24) is 0 Å². The van der Waals surface area contributed by atoms with Crippen LogP contribution >= 0.6 is 0 Å². The van der Waals surface area contributed by atoms with Gasteiger partial charge in [0, 0.05) is 6.42 Å². The molecule has 0 aromatic carbocycles. The van der Waals surface area contributed by atoms with E-state index < -0.39 is 30.8 Å². The zero-order valence-electron chi connectivity index (χ0n) is 7.53. The largest absolute Gasteiger partial charge is 0.389 e. The number of alkyl halides is 3. The number of hydrogen-bond acceptors (Lipinski definition) is 2. The third-order valence-electron chi connectivity index (χ3n) is 1.67. The molecule has 0 rings (SSSR count). The molecule has 2 N–H and O–H groups in total. The molecular formula is C8H14F3NO. The van der Waals surface area contributed by atoms with Crippen molar-refractivity contribution in [3.63, 3.8) is 0 Å². The van der Waals surface area contributed by atoms with Crippen molar-refractivity contribution in [2.45, 2.75) is 44.8 Å². The molecule has 0 aliphatic carbocycles. The summed E-state index contributed by atoms with van der Waals surface area (Å²) in [6, 6.07) is -0.729. The molecule has 2 nitrogen and oxygen atoms in total. The summed E-state index contributed by atoms with van der Waals surface area (Å²) in [5.74, 6) is -0.501. The van der Waals surface area contributed by atoms with Gasteiger partial charge in [-0.1, -0.05) is 13.3 Å². The van der Waals surface area contributed by atoms with Crippen molar-refractivity contribution in [2.24, 2.45) is 5.73 Å². The van der Waals surface area contributed by atoms with E-state index in [2.05, 4.69) is 0 Å². The standard InChI is InChI=1S/C8H14F3NO/c1-2-3-6(12)7(13)4-5-8(9,10)11/h6H,2-5,12H2,1H3. The maximum absolute atomic E-state index is 11.7. The summed E-state index contributed by atoms with van der Waals surface area (Å²) >= 11 is 0. The Bertz CT molecular complexity index is 167. The van der Waals surface area contributed by atoms with Crippen molar-refractivity contribution in [3.8, 4) is 0 Å². The molecule has 0 radical (unpaired) electrons. The van der Waals surface area contributed by atoms with Crippen LogP contribution in [0.2, 0.25) is 0 Å². The van der Waals surface area contributed by atoms with E-state index in [9.17, 15) is 18.0 Å². The second-order valence-electron chi connectivity index (χ2n) is 2.98. The average molecular weight is 197 g/mol. The van der Waals surface area contributed by atoms with Crippen LogP contribution in [-0.2, 0) is 4.79 Å². The SMILES string of the molecule is CCCC(N)C(=O)CCC(F)(F)F. The zero-order valence-corrected chi connectivity index (χ0v) is 7.53. The predicted octanol–water partition coefficient (Wildman–Crippen LogP) is 2.03. The number of carbonyl (C=O) groups excluding carboxylic acids is 1. The number of halogens is 3. The van der Waals surface area contributed by atoms with Gasteiger partial charge in [0.05, 0.1) is 12.5 Å². The van der Waals surface area contributed by atoms with Gasteiger partial charge in [-0.15, -0.1) is 0 Å². The summed E-state index contributed by atoms with van der Waals surface area (Å²) in [7, 11) is 0. The molecule has 0 saturated heterocycles. The number of ketones is 1. The van der Waals surface area contributed by atoms with Crippen LogP contribution in [0.4, 0.5) is 13.2 Å². The highest BCUT2D eigenvalue weighted by Gasteiger charge is 2.28.